The first-order valence-corrected chi connectivity index (χ1v) is 12.1. The van der Waals surface area contributed by atoms with Crippen LogP contribution < -0.4 is 15.4 Å². The van der Waals surface area contributed by atoms with Crippen LogP contribution >= 0.6 is 12.2 Å². The highest BCUT2D eigenvalue weighted by atomic mass is 32.1. The number of ether oxygens (including phenoxy) is 1. The molecule has 0 saturated carbocycles. The highest BCUT2D eigenvalue weighted by Gasteiger charge is 2.21. The first-order chi connectivity index (χ1) is 16.2. The first-order valence-electron chi connectivity index (χ1n) is 11.7. The van der Waals surface area contributed by atoms with Gasteiger partial charge in [-0.1, -0.05) is 63.2 Å². The highest BCUT2D eigenvalue weighted by Crippen LogP contribution is 2.32. The minimum atomic E-state index is -0.00172. The monoisotopic (exact) mass is 472 g/mol. The molecule has 0 aliphatic heterocycles. The van der Waals surface area contributed by atoms with Crippen molar-refractivity contribution in [3.8, 4) is 5.75 Å². The Morgan fingerprint density at radius 2 is 1.76 bits per heavy atom. The lowest BCUT2D eigenvalue weighted by atomic mass is 9.86. The molecule has 1 aliphatic rings. The third-order valence-corrected chi connectivity index (χ3v) is 6.59. The van der Waals surface area contributed by atoms with Crippen LogP contribution in [0.15, 0.2) is 66.7 Å². The molecule has 0 amide bonds. The number of thiocarbonyl (C=S) groups is 1. The Balaban J connectivity index is 1.44. The van der Waals surface area contributed by atoms with Crippen molar-refractivity contribution in [2.75, 3.05) is 12.4 Å². The van der Waals surface area contributed by atoms with E-state index in [2.05, 4.69) is 43.5 Å². The van der Waals surface area contributed by atoms with Crippen LogP contribution in [-0.4, -0.2) is 18.0 Å². The summed E-state index contributed by atoms with van der Waals surface area (Å²) in [6.45, 7) is 6.50. The van der Waals surface area contributed by atoms with E-state index in [0.717, 1.165) is 30.7 Å². The van der Waals surface area contributed by atoms with Crippen molar-refractivity contribution in [2.24, 2.45) is 0 Å². The Bertz CT molecular complexity index is 1200. The van der Waals surface area contributed by atoms with Gasteiger partial charge >= 0.3 is 0 Å². The number of fused-ring (bicyclic) bond motifs is 1. The number of carbonyl (C=O) groups is 1. The fraction of sp³-hybridized carbons (Fsp3) is 0.310. The van der Waals surface area contributed by atoms with E-state index in [1.54, 1.807) is 7.11 Å². The second-order valence-electron chi connectivity index (χ2n) is 9.85. The van der Waals surface area contributed by atoms with E-state index in [9.17, 15) is 4.79 Å². The highest BCUT2D eigenvalue weighted by molar-refractivity contribution is 7.80. The zero-order valence-electron chi connectivity index (χ0n) is 20.3. The van der Waals surface area contributed by atoms with Gasteiger partial charge in [0.25, 0.3) is 0 Å². The molecule has 0 heterocycles. The van der Waals surface area contributed by atoms with Gasteiger partial charge in [-0.25, -0.2) is 0 Å². The average Bonchev–Trinajstić information content (AvgIpc) is 2.83. The van der Waals surface area contributed by atoms with Crippen LogP contribution in [0.25, 0.3) is 0 Å². The molecule has 2 N–H and O–H groups in total. The SMILES string of the molecule is COc1ccc2c(c1)CCCC2NC(=S)Nc1cccc(C(=O)c2ccc(C(C)(C)C)cc2)c1. The summed E-state index contributed by atoms with van der Waals surface area (Å²) in [4.78, 5) is 13.1. The summed E-state index contributed by atoms with van der Waals surface area (Å²) in [6.07, 6.45) is 3.16. The van der Waals surface area contributed by atoms with Crippen molar-refractivity contribution >= 4 is 28.8 Å². The third kappa shape index (κ3) is 5.48. The number of nitrogens with one attached hydrogen (secondary N) is 2. The van der Waals surface area contributed by atoms with E-state index in [0.29, 0.717) is 16.2 Å². The molecule has 1 aliphatic carbocycles. The molecule has 176 valence electrons. The number of anilines is 1. The number of methoxy groups -OCH3 is 1. The van der Waals surface area contributed by atoms with Gasteiger partial charge in [0, 0.05) is 16.8 Å². The average molecular weight is 473 g/mol. The van der Waals surface area contributed by atoms with Crippen LogP contribution in [0.1, 0.15) is 72.3 Å². The normalized spacial score (nSPS) is 15.2. The smallest absolute Gasteiger partial charge is 0.193 e. The molecule has 1 unspecified atom stereocenters. The first kappa shape index (κ1) is 24.0. The summed E-state index contributed by atoms with van der Waals surface area (Å²) < 4.78 is 5.37. The van der Waals surface area contributed by atoms with Gasteiger partial charge in [-0.05, 0) is 77.9 Å². The predicted molar refractivity (Wildman–Crippen MR) is 143 cm³/mol. The molecule has 5 heteroatoms. The topological polar surface area (TPSA) is 50.4 Å². The molecule has 3 aromatic carbocycles. The molecule has 0 fully saturated rings. The quantitative estimate of drug-likeness (QED) is 0.324. The second-order valence-corrected chi connectivity index (χ2v) is 10.3. The van der Waals surface area contributed by atoms with Gasteiger partial charge in [0.2, 0.25) is 0 Å². The van der Waals surface area contributed by atoms with Crippen molar-refractivity contribution in [1.29, 1.82) is 0 Å². The minimum absolute atomic E-state index is 0.00172. The van der Waals surface area contributed by atoms with Crippen LogP contribution in [0.3, 0.4) is 0 Å². The lowest BCUT2D eigenvalue weighted by Crippen LogP contribution is -2.34. The van der Waals surface area contributed by atoms with E-state index in [4.69, 9.17) is 17.0 Å². The maximum atomic E-state index is 13.1. The van der Waals surface area contributed by atoms with Crippen molar-refractivity contribution in [1.82, 2.24) is 5.32 Å². The van der Waals surface area contributed by atoms with Gasteiger partial charge in [-0.2, -0.15) is 0 Å². The van der Waals surface area contributed by atoms with E-state index in [1.165, 1.54) is 16.7 Å². The lowest BCUT2D eigenvalue weighted by molar-refractivity contribution is 0.103. The maximum absolute atomic E-state index is 13.1. The number of aryl methyl sites for hydroxylation is 1. The molecule has 4 rings (SSSR count). The molecule has 34 heavy (non-hydrogen) atoms. The van der Waals surface area contributed by atoms with Crippen LogP contribution in [0.5, 0.6) is 5.75 Å². The van der Waals surface area contributed by atoms with Crippen LogP contribution in [0, 0.1) is 0 Å². The third-order valence-electron chi connectivity index (χ3n) is 6.37. The van der Waals surface area contributed by atoms with Gasteiger partial charge in [-0.3, -0.25) is 4.79 Å². The van der Waals surface area contributed by atoms with Crippen molar-refractivity contribution < 1.29 is 9.53 Å². The zero-order chi connectivity index (χ0) is 24.3. The molecule has 4 nitrogen and oxygen atoms in total. The minimum Gasteiger partial charge on any atom is -0.497 e. The summed E-state index contributed by atoms with van der Waals surface area (Å²) in [5, 5.41) is 7.27. The fourth-order valence-electron chi connectivity index (χ4n) is 4.42. The molecule has 0 spiro atoms. The standard InChI is InChI=1S/C29H32N2O2S/c1-29(2,3)22-13-11-19(12-14-22)27(32)21-8-5-9-23(17-21)30-28(34)31-26-10-6-7-20-18-24(33-4)15-16-25(20)26/h5,8-9,11-18,26H,6-7,10H2,1-4H3,(H2,30,31,34). The van der Waals surface area contributed by atoms with Crippen molar-refractivity contribution in [3.05, 3.63) is 94.5 Å². The Hall–Kier alpha value is -3.18. The molecular weight excluding hydrogens is 440 g/mol. The number of benzene rings is 3. The Morgan fingerprint density at radius 3 is 2.47 bits per heavy atom. The largest absolute Gasteiger partial charge is 0.497 e. The molecule has 0 radical (unpaired) electrons. The van der Waals surface area contributed by atoms with Gasteiger partial charge in [-0.15, -0.1) is 0 Å². The van der Waals surface area contributed by atoms with Gasteiger partial charge < -0.3 is 15.4 Å². The molecular formula is C29H32N2O2S. The molecule has 3 aromatic rings. The Kier molecular flexibility index (Phi) is 7.03. The summed E-state index contributed by atoms with van der Waals surface area (Å²) in [5.74, 6) is 0.882. The van der Waals surface area contributed by atoms with Crippen molar-refractivity contribution in [2.45, 2.75) is 51.5 Å². The molecule has 0 aromatic heterocycles. The van der Waals surface area contributed by atoms with E-state index in [1.807, 2.05) is 54.6 Å². The lowest BCUT2D eigenvalue weighted by Gasteiger charge is -2.28. The Morgan fingerprint density at radius 1 is 1.00 bits per heavy atom. The van der Waals surface area contributed by atoms with Gasteiger partial charge in [0.15, 0.2) is 10.9 Å². The Labute approximate surface area is 207 Å². The molecule has 0 bridgehead atoms. The van der Waals surface area contributed by atoms with Gasteiger partial charge in [0.05, 0.1) is 13.2 Å². The summed E-state index contributed by atoms with van der Waals surface area (Å²) in [6, 6.07) is 21.8. The maximum Gasteiger partial charge on any atom is 0.193 e. The van der Waals surface area contributed by atoms with Crippen molar-refractivity contribution in [3.63, 3.8) is 0 Å². The fourth-order valence-corrected chi connectivity index (χ4v) is 4.68. The van der Waals surface area contributed by atoms with Gasteiger partial charge in [0.1, 0.15) is 5.75 Å². The summed E-state index contributed by atoms with van der Waals surface area (Å²) in [5.41, 5.74) is 5.93. The van der Waals surface area contributed by atoms with Crippen LogP contribution in [0.4, 0.5) is 5.69 Å². The van der Waals surface area contributed by atoms with Crippen LogP contribution in [0.2, 0.25) is 0 Å². The number of hydrogen-bond acceptors (Lipinski definition) is 3. The van der Waals surface area contributed by atoms with Crippen LogP contribution in [-0.2, 0) is 11.8 Å². The number of rotatable bonds is 5. The molecule has 1 atom stereocenters. The predicted octanol–water partition coefficient (Wildman–Crippen LogP) is 6.59. The summed E-state index contributed by atoms with van der Waals surface area (Å²) >= 11 is 5.61. The molecule has 0 saturated heterocycles. The van der Waals surface area contributed by atoms with E-state index < -0.39 is 0 Å². The van der Waals surface area contributed by atoms with E-state index >= 15 is 0 Å². The summed E-state index contributed by atoms with van der Waals surface area (Å²) in [7, 11) is 1.69. The number of carbonyl (C=O) groups excluding carboxylic acids is 1. The zero-order valence-corrected chi connectivity index (χ0v) is 21.1. The van der Waals surface area contributed by atoms with E-state index in [-0.39, 0.29) is 17.2 Å². The number of hydrogen-bond donors (Lipinski definition) is 2. The second kappa shape index (κ2) is 9.98. The number of ketones is 1.